The first-order valence-corrected chi connectivity index (χ1v) is 11.4. The summed E-state index contributed by atoms with van der Waals surface area (Å²) in [4.78, 5) is 9.18. The molecule has 0 aliphatic heterocycles. The van der Waals surface area contributed by atoms with Crippen molar-refractivity contribution in [2.45, 2.75) is 40.3 Å². The number of aryl methyl sites for hydroxylation is 2. The molecule has 0 bridgehead atoms. The molecule has 0 aliphatic carbocycles. The molecule has 1 aromatic carbocycles. The number of rotatable bonds is 10. The molecule has 168 valence electrons. The van der Waals surface area contributed by atoms with Crippen molar-refractivity contribution in [1.82, 2.24) is 15.0 Å². The minimum atomic E-state index is -0.962. The van der Waals surface area contributed by atoms with E-state index in [9.17, 15) is 5.11 Å². The van der Waals surface area contributed by atoms with E-state index in [1.807, 2.05) is 13.0 Å². The Hall–Kier alpha value is -1.97. The van der Waals surface area contributed by atoms with Gasteiger partial charge in [-0.3, -0.25) is 4.90 Å². The highest BCUT2D eigenvalue weighted by Crippen LogP contribution is 2.35. The van der Waals surface area contributed by atoms with Crippen molar-refractivity contribution in [1.29, 1.82) is 0 Å². The second-order valence-electron chi connectivity index (χ2n) is 7.35. The molecule has 0 spiro atoms. The third-order valence-corrected chi connectivity index (χ3v) is 6.53. The highest BCUT2D eigenvalue weighted by molar-refractivity contribution is 7.15. The van der Waals surface area contributed by atoms with E-state index in [-0.39, 0.29) is 13.2 Å². The van der Waals surface area contributed by atoms with Gasteiger partial charge in [-0.05, 0) is 56.3 Å². The first-order chi connectivity index (χ1) is 14.9. The Morgan fingerprint density at radius 1 is 1.19 bits per heavy atom. The van der Waals surface area contributed by atoms with Crippen LogP contribution in [0.3, 0.4) is 0 Å². The summed E-state index contributed by atoms with van der Waals surface area (Å²) < 4.78 is 11.1. The molecule has 0 saturated heterocycles. The van der Waals surface area contributed by atoms with Crippen molar-refractivity contribution in [2.24, 2.45) is 0 Å². The molecule has 2 aromatic heterocycles. The maximum Gasteiger partial charge on any atom is 0.268 e. The summed E-state index contributed by atoms with van der Waals surface area (Å²) in [6.45, 7) is 10.8. The van der Waals surface area contributed by atoms with E-state index in [1.54, 1.807) is 17.4 Å². The highest BCUT2D eigenvalue weighted by atomic mass is 35.5. The molecule has 0 unspecified atom stereocenters. The monoisotopic (exact) mass is 465 g/mol. The molecule has 0 saturated carbocycles. The lowest BCUT2D eigenvalue weighted by atomic mass is 10.1. The van der Waals surface area contributed by atoms with Gasteiger partial charge in [0.05, 0.1) is 16.5 Å². The van der Waals surface area contributed by atoms with E-state index in [2.05, 4.69) is 41.9 Å². The lowest BCUT2D eigenvalue weighted by molar-refractivity contribution is 0.0534. The molecule has 0 fully saturated rings. The average molecular weight is 466 g/mol. The van der Waals surface area contributed by atoms with E-state index in [4.69, 9.17) is 26.0 Å². The van der Waals surface area contributed by atoms with Crippen LogP contribution in [0.5, 0.6) is 5.75 Å². The van der Waals surface area contributed by atoms with Crippen molar-refractivity contribution < 1.29 is 19.5 Å². The number of hydrogen-bond acceptors (Lipinski definition) is 8. The quantitative estimate of drug-likeness (QED) is 0.461. The number of nitrogens with zero attached hydrogens (tertiary/aromatic N) is 3. The largest absolute Gasteiger partial charge is 0.489 e. The second-order valence-corrected chi connectivity index (χ2v) is 8.90. The fourth-order valence-corrected chi connectivity index (χ4v) is 4.61. The van der Waals surface area contributed by atoms with Gasteiger partial charge in [-0.1, -0.05) is 30.6 Å². The molecule has 1 atom stereocenters. The molecule has 0 radical (unpaired) electrons. The average Bonchev–Trinajstić information content (AvgIpc) is 3.38. The fourth-order valence-electron chi connectivity index (χ4n) is 3.15. The van der Waals surface area contributed by atoms with Gasteiger partial charge in [0.25, 0.3) is 5.89 Å². The number of benzene rings is 1. The van der Waals surface area contributed by atoms with Crippen LogP contribution in [0.15, 0.2) is 22.7 Å². The van der Waals surface area contributed by atoms with Crippen LogP contribution in [0.4, 0.5) is 0 Å². The Labute approximate surface area is 191 Å². The molecule has 0 aliphatic rings. The summed E-state index contributed by atoms with van der Waals surface area (Å²) in [6.07, 6.45) is -0.962. The minimum absolute atomic E-state index is 0.0453. The van der Waals surface area contributed by atoms with Crippen LogP contribution < -0.4 is 4.74 Å². The second kappa shape index (κ2) is 10.6. The molecule has 9 heteroatoms. The van der Waals surface area contributed by atoms with Crippen molar-refractivity contribution in [3.8, 4) is 27.9 Å². The Bertz CT molecular complexity index is 993. The zero-order valence-corrected chi connectivity index (χ0v) is 19.8. The van der Waals surface area contributed by atoms with E-state index in [0.717, 1.165) is 30.1 Å². The Balaban J connectivity index is 1.81. The van der Waals surface area contributed by atoms with E-state index >= 15 is 0 Å². The van der Waals surface area contributed by atoms with Crippen LogP contribution in [-0.2, 0) is 6.54 Å². The van der Waals surface area contributed by atoms with E-state index < -0.39 is 6.10 Å². The zero-order chi connectivity index (χ0) is 22.5. The van der Waals surface area contributed by atoms with Crippen molar-refractivity contribution in [2.75, 3.05) is 26.3 Å². The summed E-state index contributed by atoms with van der Waals surface area (Å²) in [7, 11) is 0. The maximum atomic E-state index is 9.49. The normalized spacial score (nSPS) is 12.5. The fraction of sp³-hybridized carbons (Fsp3) is 0.455. The van der Waals surface area contributed by atoms with Crippen LogP contribution in [0.2, 0.25) is 5.02 Å². The molecule has 7 nitrogen and oxygen atoms in total. The Morgan fingerprint density at radius 2 is 1.94 bits per heavy atom. The zero-order valence-electron chi connectivity index (χ0n) is 18.2. The van der Waals surface area contributed by atoms with Gasteiger partial charge in [-0.2, -0.15) is 4.98 Å². The standard InChI is InChI=1S/C22H28ClN3O4S/c1-5-26(6-2)10-19-13(3)8-18(31-19)22-24-21(25-30-22)15-7-14(4)20(17(23)9-15)29-12-16(28)11-27/h7-9,16,27-28H,5-6,10-12H2,1-4H3/t16-/m0/s1. The summed E-state index contributed by atoms with van der Waals surface area (Å²) >= 11 is 8.05. The van der Waals surface area contributed by atoms with Crippen LogP contribution in [0.1, 0.15) is 29.9 Å². The van der Waals surface area contributed by atoms with Crippen molar-refractivity contribution in [3.05, 3.63) is 39.2 Å². The van der Waals surface area contributed by atoms with Gasteiger partial charge in [0.2, 0.25) is 5.82 Å². The number of halogens is 1. The van der Waals surface area contributed by atoms with E-state index in [0.29, 0.717) is 28.1 Å². The molecule has 0 amide bonds. The lowest BCUT2D eigenvalue weighted by Gasteiger charge is -2.17. The summed E-state index contributed by atoms with van der Waals surface area (Å²) in [5, 5.41) is 22.9. The van der Waals surface area contributed by atoms with Crippen LogP contribution in [0.25, 0.3) is 22.2 Å². The molecule has 2 heterocycles. The summed E-state index contributed by atoms with van der Waals surface area (Å²) in [5.41, 5.74) is 2.70. The van der Waals surface area contributed by atoms with Gasteiger partial charge >= 0.3 is 0 Å². The molecular formula is C22H28ClN3O4S. The van der Waals surface area contributed by atoms with Gasteiger partial charge < -0.3 is 19.5 Å². The Morgan fingerprint density at radius 3 is 2.58 bits per heavy atom. The number of ether oxygens (including phenoxy) is 1. The molecule has 3 aromatic rings. The van der Waals surface area contributed by atoms with Crippen molar-refractivity contribution >= 4 is 22.9 Å². The number of aromatic nitrogens is 2. The topological polar surface area (TPSA) is 91.9 Å². The first kappa shape index (κ1) is 23.7. The van der Waals surface area contributed by atoms with Gasteiger partial charge in [0.1, 0.15) is 18.5 Å². The molecule has 31 heavy (non-hydrogen) atoms. The first-order valence-electron chi connectivity index (χ1n) is 10.2. The molecule has 3 rings (SSSR count). The maximum absolute atomic E-state index is 9.49. The summed E-state index contributed by atoms with van der Waals surface area (Å²) in [5.74, 6) is 1.38. The van der Waals surface area contributed by atoms with E-state index in [1.165, 1.54) is 10.4 Å². The highest BCUT2D eigenvalue weighted by Gasteiger charge is 2.18. The number of aliphatic hydroxyl groups is 2. The third-order valence-electron chi connectivity index (χ3n) is 5.04. The predicted octanol–water partition coefficient (Wildman–Crippen LogP) is 4.31. The molecular weight excluding hydrogens is 438 g/mol. The number of thiophene rings is 1. The van der Waals surface area contributed by atoms with Crippen LogP contribution >= 0.6 is 22.9 Å². The summed E-state index contributed by atoms with van der Waals surface area (Å²) in [6, 6.07) is 5.64. The predicted molar refractivity (Wildman–Crippen MR) is 123 cm³/mol. The van der Waals surface area contributed by atoms with Crippen molar-refractivity contribution in [3.63, 3.8) is 0 Å². The van der Waals surface area contributed by atoms with Gasteiger partial charge in [-0.15, -0.1) is 11.3 Å². The van der Waals surface area contributed by atoms with Crippen LogP contribution in [0, 0.1) is 13.8 Å². The Kier molecular flexibility index (Phi) is 8.07. The van der Waals surface area contributed by atoms with Crippen LogP contribution in [-0.4, -0.2) is 57.7 Å². The number of hydrogen-bond donors (Lipinski definition) is 2. The van der Waals surface area contributed by atoms with Gasteiger partial charge in [0, 0.05) is 17.0 Å². The smallest absolute Gasteiger partial charge is 0.268 e. The minimum Gasteiger partial charge on any atom is -0.489 e. The SMILES string of the molecule is CCN(CC)Cc1sc(-c2nc(-c3cc(C)c(OC[C@@H](O)CO)c(Cl)c3)no2)cc1C. The number of aliphatic hydroxyl groups excluding tert-OH is 2. The molecule has 2 N–H and O–H groups in total. The van der Waals surface area contributed by atoms with Gasteiger partial charge in [0.15, 0.2) is 0 Å². The van der Waals surface area contributed by atoms with Gasteiger partial charge in [-0.25, -0.2) is 0 Å². The lowest BCUT2D eigenvalue weighted by Crippen LogP contribution is -2.21. The third kappa shape index (κ3) is 5.64.